The molecule has 7 heteroatoms. The molecule has 2 atom stereocenters. The summed E-state index contributed by atoms with van der Waals surface area (Å²) in [6.45, 7) is 0. The van der Waals surface area contributed by atoms with Crippen molar-refractivity contribution in [3.8, 4) is 0 Å². The number of aromatic nitrogens is 2. The van der Waals surface area contributed by atoms with Crippen LogP contribution in [0, 0.1) is 0 Å². The van der Waals surface area contributed by atoms with E-state index in [1.165, 1.54) is 24.7 Å². The van der Waals surface area contributed by atoms with Crippen molar-refractivity contribution in [3.63, 3.8) is 0 Å². The first-order chi connectivity index (χ1) is 12.9. The second kappa shape index (κ2) is 6.94. The van der Waals surface area contributed by atoms with Gasteiger partial charge < -0.3 is 5.32 Å². The van der Waals surface area contributed by atoms with E-state index in [9.17, 15) is 18.0 Å². The van der Waals surface area contributed by atoms with Crippen molar-refractivity contribution in [1.29, 1.82) is 0 Å². The van der Waals surface area contributed by atoms with Crippen LogP contribution >= 0.6 is 0 Å². The molecular weight excluding hydrogens is 355 g/mol. The van der Waals surface area contributed by atoms with Crippen molar-refractivity contribution < 1.29 is 18.0 Å². The van der Waals surface area contributed by atoms with E-state index in [0.717, 1.165) is 31.0 Å². The average molecular weight is 375 g/mol. The third-order valence-electron chi connectivity index (χ3n) is 5.45. The van der Waals surface area contributed by atoms with Crippen LogP contribution in [-0.2, 0) is 6.18 Å². The molecule has 1 N–H and O–H groups in total. The summed E-state index contributed by atoms with van der Waals surface area (Å²) < 4.78 is 40.2. The summed E-state index contributed by atoms with van der Waals surface area (Å²) in [5.41, 5.74) is 0.833. The summed E-state index contributed by atoms with van der Waals surface area (Å²) in [7, 11) is 0. The van der Waals surface area contributed by atoms with Gasteiger partial charge in [-0.1, -0.05) is 24.6 Å². The van der Waals surface area contributed by atoms with Crippen LogP contribution < -0.4 is 5.32 Å². The second-order valence-corrected chi connectivity index (χ2v) is 7.30. The summed E-state index contributed by atoms with van der Waals surface area (Å²) in [6, 6.07) is 5.34. The molecule has 2 saturated carbocycles. The minimum Gasteiger partial charge on any atom is -0.349 e. The van der Waals surface area contributed by atoms with E-state index in [-0.39, 0.29) is 23.4 Å². The molecule has 1 heterocycles. The lowest BCUT2D eigenvalue weighted by Gasteiger charge is -2.24. The normalized spacial score (nSPS) is 22.6. The van der Waals surface area contributed by atoms with Gasteiger partial charge >= 0.3 is 6.18 Å². The Morgan fingerprint density at radius 1 is 1.11 bits per heavy atom. The quantitative estimate of drug-likeness (QED) is 0.860. The predicted molar refractivity (Wildman–Crippen MR) is 93.3 cm³/mol. The summed E-state index contributed by atoms with van der Waals surface area (Å²) in [5, 5.41) is 2.96. The van der Waals surface area contributed by atoms with Gasteiger partial charge in [0.15, 0.2) is 0 Å². The lowest BCUT2D eigenvalue weighted by atomic mass is 9.89. The summed E-state index contributed by atoms with van der Waals surface area (Å²) in [5.74, 6) is -0.348. The number of hydrogen-bond acceptors (Lipinski definition) is 3. The molecule has 1 aromatic carbocycles. The number of halogens is 3. The molecule has 1 amide bonds. The topological polar surface area (TPSA) is 54.9 Å². The Hall–Kier alpha value is -2.44. The number of benzene rings is 1. The molecule has 4 nitrogen and oxygen atoms in total. The van der Waals surface area contributed by atoms with Gasteiger partial charge in [-0.25, -0.2) is 9.97 Å². The molecule has 2 aliphatic rings. The van der Waals surface area contributed by atoms with Gasteiger partial charge in [0.2, 0.25) is 0 Å². The first kappa shape index (κ1) is 17.9. The smallest absolute Gasteiger partial charge is 0.349 e. The third-order valence-corrected chi connectivity index (χ3v) is 5.45. The highest BCUT2D eigenvalue weighted by Gasteiger charge is 2.39. The molecule has 0 aliphatic heterocycles. The second-order valence-electron chi connectivity index (χ2n) is 7.30. The van der Waals surface area contributed by atoms with Gasteiger partial charge in [0, 0.05) is 24.1 Å². The molecule has 0 saturated heterocycles. The van der Waals surface area contributed by atoms with E-state index in [0.29, 0.717) is 24.3 Å². The molecule has 0 bridgehead atoms. The number of amides is 1. The lowest BCUT2D eigenvalue weighted by Crippen LogP contribution is -2.37. The molecule has 0 radical (unpaired) electrons. The maximum Gasteiger partial charge on any atom is 0.416 e. The molecule has 0 spiro atoms. The zero-order chi connectivity index (χ0) is 19.0. The van der Waals surface area contributed by atoms with Gasteiger partial charge in [0.25, 0.3) is 5.91 Å². The average Bonchev–Trinajstić information content (AvgIpc) is 3.40. The molecule has 1 aromatic heterocycles. The number of carbonyl (C=O) groups is 1. The Labute approximate surface area is 155 Å². The monoisotopic (exact) mass is 375 g/mol. The van der Waals surface area contributed by atoms with Crippen LogP contribution in [0.15, 0.2) is 36.8 Å². The van der Waals surface area contributed by atoms with E-state index in [1.54, 1.807) is 6.07 Å². The first-order valence-electron chi connectivity index (χ1n) is 9.22. The SMILES string of the molecule is O=C(NC1CCCC1c1ccccc1C(F)(F)F)c1cncnc1C1CC1. The zero-order valence-corrected chi connectivity index (χ0v) is 14.7. The van der Waals surface area contributed by atoms with Crippen molar-refractivity contribution in [2.45, 2.75) is 56.2 Å². The zero-order valence-electron chi connectivity index (χ0n) is 14.7. The Morgan fingerprint density at radius 2 is 1.89 bits per heavy atom. The Kier molecular flexibility index (Phi) is 4.61. The van der Waals surface area contributed by atoms with E-state index in [1.807, 2.05) is 0 Å². The van der Waals surface area contributed by atoms with Gasteiger partial charge in [0.05, 0.1) is 16.8 Å². The highest BCUT2D eigenvalue weighted by Crippen LogP contribution is 2.42. The highest BCUT2D eigenvalue weighted by molar-refractivity contribution is 5.95. The number of hydrogen-bond donors (Lipinski definition) is 1. The van der Waals surface area contributed by atoms with Crippen molar-refractivity contribution in [3.05, 3.63) is 59.2 Å². The molecule has 2 aliphatic carbocycles. The molecule has 4 rings (SSSR count). The van der Waals surface area contributed by atoms with E-state index < -0.39 is 11.7 Å². The molecule has 2 fully saturated rings. The molecule has 142 valence electrons. The fourth-order valence-electron chi connectivity index (χ4n) is 4.03. The van der Waals surface area contributed by atoms with Crippen LogP contribution in [0.1, 0.15) is 71.1 Å². The Bertz CT molecular complexity index is 848. The number of rotatable bonds is 4. The largest absolute Gasteiger partial charge is 0.416 e. The molecule has 27 heavy (non-hydrogen) atoms. The Balaban J connectivity index is 1.58. The van der Waals surface area contributed by atoms with E-state index in [2.05, 4.69) is 15.3 Å². The van der Waals surface area contributed by atoms with Crippen LogP contribution in [0.5, 0.6) is 0 Å². The predicted octanol–water partition coefficient (Wildman–Crippen LogP) is 4.44. The van der Waals surface area contributed by atoms with E-state index in [4.69, 9.17) is 0 Å². The Morgan fingerprint density at radius 3 is 2.63 bits per heavy atom. The van der Waals surface area contributed by atoms with Crippen molar-refractivity contribution >= 4 is 5.91 Å². The minimum atomic E-state index is -4.40. The van der Waals surface area contributed by atoms with Crippen LogP contribution in [0.3, 0.4) is 0 Å². The van der Waals surface area contributed by atoms with Crippen LogP contribution in [0.25, 0.3) is 0 Å². The van der Waals surface area contributed by atoms with Gasteiger partial charge in [-0.3, -0.25) is 4.79 Å². The van der Waals surface area contributed by atoms with Crippen molar-refractivity contribution in [2.75, 3.05) is 0 Å². The van der Waals surface area contributed by atoms with Gasteiger partial charge in [-0.15, -0.1) is 0 Å². The number of nitrogens with one attached hydrogen (secondary N) is 1. The maximum atomic E-state index is 13.4. The van der Waals surface area contributed by atoms with Gasteiger partial charge in [-0.05, 0) is 37.3 Å². The van der Waals surface area contributed by atoms with Crippen LogP contribution in [0.2, 0.25) is 0 Å². The molecule has 2 aromatic rings. The van der Waals surface area contributed by atoms with Gasteiger partial charge in [-0.2, -0.15) is 13.2 Å². The fourth-order valence-corrected chi connectivity index (χ4v) is 4.03. The lowest BCUT2D eigenvalue weighted by molar-refractivity contribution is -0.138. The highest BCUT2D eigenvalue weighted by atomic mass is 19.4. The summed E-state index contributed by atoms with van der Waals surface area (Å²) in [6.07, 6.45) is 2.60. The number of nitrogens with zero attached hydrogens (tertiary/aromatic N) is 2. The standard InChI is InChI=1S/C20H20F3N3O/c21-20(22,23)16-6-2-1-4-13(16)14-5-3-7-17(14)26-19(27)15-10-24-11-25-18(15)12-8-9-12/h1-2,4,6,10-12,14,17H,3,5,7-9H2,(H,26,27). The minimum absolute atomic E-state index is 0.263. The molecular formula is C20H20F3N3O. The third kappa shape index (κ3) is 3.68. The number of alkyl halides is 3. The number of carbonyl (C=O) groups excluding carboxylic acids is 1. The first-order valence-corrected chi connectivity index (χ1v) is 9.22. The van der Waals surface area contributed by atoms with Crippen LogP contribution in [-0.4, -0.2) is 21.9 Å². The fraction of sp³-hybridized carbons (Fsp3) is 0.450. The summed E-state index contributed by atoms with van der Waals surface area (Å²) >= 11 is 0. The summed E-state index contributed by atoms with van der Waals surface area (Å²) in [4.78, 5) is 21.0. The van der Waals surface area contributed by atoms with Crippen molar-refractivity contribution in [1.82, 2.24) is 15.3 Å². The van der Waals surface area contributed by atoms with E-state index >= 15 is 0 Å². The maximum absolute atomic E-state index is 13.4. The van der Waals surface area contributed by atoms with Gasteiger partial charge in [0.1, 0.15) is 6.33 Å². The molecule has 2 unspecified atom stereocenters. The van der Waals surface area contributed by atoms with Crippen molar-refractivity contribution in [2.24, 2.45) is 0 Å². The van der Waals surface area contributed by atoms with Crippen LogP contribution in [0.4, 0.5) is 13.2 Å².